The van der Waals surface area contributed by atoms with Gasteiger partial charge in [0.25, 0.3) is 0 Å². The van der Waals surface area contributed by atoms with Crippen molar-refractivity contribution in [3.05, 3.63) is 12.2 Å². The highest BCUT2D eigenvalue weighted by Gasteiger charge is 2.30. The van der Waals surface area contributed by atoms with E-state index in [2.05, 4.69) is 11.3 Å². The number of rotatable bonds is 5. The van der Waals surface area contributed by atoms with Gasteiger partial charge in [-0.3, -0.25) is 4.79 Å². The first-order valence-corrected chi connectivity index (χ1v) is 4.28. The summed E-state index contributed by atoms with van der Waals surface area (Å²) in [7, 11) is 0. The topological polar surface area (TPSA) is 26.3 Å². The molecule has 2 nitrogen and oxygen atoms in total. The van der Waals surface area contributed by atoms with Crippen molar-refractivity contribution >= 4 is 5.97 Å². The first-order chi connectivity index (χ1) is 6.38. The summed E-state index contributed by atoms with van der Waals surface area (Å²) in [5, 5.41) is 0. The van der Waals surface area contributed by atoms with Crippen molar-refractivity contribution in [1.82, 2.24) is 0 Å². The molecule has 0 saturated carbocycles. The summed E-state index contributed by atoms with van der Waals surface area (Å²) >= 11 is 0. The number of allylic oxidation sites excluding steroid dienone is 1. The zero-order valence-corrected chi connectivity index (χ0v) is 7.99. The molecule has 0 aliphatic carbocycles. The van der Waals surface area contributed by atoms with E-state index in [4.69, 9.17) is 0 Å². The third-order valence-corrected chi connectivity index (χ3v) is 1.57. The van der Waals surface area contributed by atoms with E-state index in [-0.39, 0.29) is 25.9 Å². The van der Waals surface area contributed by atoms with Crippen molar-refractivity contribution in [1.29, 1.82) is 0 Å². The van der Waals surface area contributed by atoms with E-state index in [1.807, 2.05) is 0 Å². The van der Waals surface area contributed by atoms with E-state index in [0.717, 1.165) is 0 Å². The highest BCUT2D eigenvalue weighted by Crippen LogP contribution is 2.27. The van der Waals surface area contributed by atoms with Crippen molar-refractivity contribution in [2.45, 2.75) is 32.4 Å². The van der Waals surface area contributed by atoms with Crippen LogP contribution in [-0.2, 0) is 9.53 Å². The minimum Gasteiger partial charge on any atom is -0.466 e. The molecular weight excluding hydrogens is 197 g/mol. The van der Waals surface area contributed by atoms with E-state index < -0.39 is 17.7 Å². The Labute approximate surface area is 80.7 Å². The average molecular weight is 210 g/mol. The third kappa shape index (κ3) is 5.61. The molecule has 0 aromatic heterocycles. The maximum absolute atomic E-state index is 11.9. The molecule has 0 aliphatic heterocycles. The summed E-state index contributed by atoms with van der Waals surface area (Å²) < 4.78 is 40.3. The summed E-state index contributed by atoms with van der Waals surface area (Å²) in [6.45, 7) is 4.79. The molecule has 0 heterocycles. The predicted molar refractivity (Wildman–Crippen MR) is 45.7 cm³/mol. The Hall–Kier alpha value is -1.00. The molecule has 0 aliphatic rings. The van der Waals surface area contributed by atoms with Gasteiger partial charge in [-0.15, -0.1) is 0 Å². The molecule has 0 aromatic carbocycles. The van der Waals surface area contributed by atoms with Crippen LogP contribution in [0.25, 0.3) is 0 Å². The van der Waals surface area contributed by atoms with Gasteiger partial charge in [0.2, 0.25) is 0 Å². The molecule has 0 spiro atoms. The Morgan fingerprint density at radius 3 is 2.36 bits per heavy atom. The summed E-state index contributed by atoms with van der Waals surface area (Å²) in [6, 6.07) is 0. The lowest BCUT2D eigenvalue weighted by atomic mass is 10.1. The number of carbonyl (C=O) groups excluding carboxylic acids is 1. The molecule has 0 fully saturated rings. The smallest absolute Gasteiger partial charge is 0.412 e. The van der Waals surface area contributed by atoms with Gasteiger partial charge in [0.15, 0.2) is 0 Å². The molecule has 0 radical (unpaired) electrons. The van der Waals surface area contributed by atoms with E-state index >= 15 is 0 Å². The van der Waals surface area contributed by atoms with Gasteiger partial charge in [-0.2, -0.15) is 13.2 Å². The number of carbonyl (C=O) groups is 1. The van der Waals surface area contributed by atoms with Crippen LogP contribution in [0.5, 0.6) is 0 Å². The quantitative estimate of drug-likeness (QED) is 0.515. The maximum Gasteiger partial charge on any atom is 0.412 e. The summed E-state index contributed by atoms with van der Waals surface area (Å²) in [5.74, 6) is -0.470. The Morgan fingerprint density at radius 1 is 1.36 bits per heavy atom. The van der Waals surface area contributed by atoms with Crippen LogP contribution in [0.4, 0.5) is 13.2 Å². The normalized spacial score (nSPS) is 11.1. The molecule has 0 aromatic rings. The monoisotopic (exact) mass is 210 g/mol. The molecule has 0 saturated heterocycles. The summed E-state index contributed by atoms with van der Waals surface area (Å²) in [4.78, 5) is 10.7. The second-order valence-corrected chi connectivity index (χ2v) is 2.76. The van der Waals surface area contributed by atoms with Crippen molar-refractivity contribution in [2.24, 2.45) is 0 Å². The van der Waals surface area contributed by atoms with Crippen LogP contribution in [0.1, 0.15) is 26.2 Å². The molecular formula is C9H13F3O2. The first-order valence-electron chi connectivity index (χ1n) is 4.28. The second kappa shape index (κ2) is 5.67. The van der Waals surface area contributed by atoms with Gasteiger partial charge in [0, 0.05) is 12.0 Å². The Kier molecular flexibility index (Phi) is 5.27. The molecule has 14 heavy (non-hydrogen) atoms. The maximum atomic E-state index is 11.9. The zero-order chi connectivity index (χ0) is 11.2. The molecule has 5 heteroatoms. The third-order valence-electron chi connectivity index (χ3n) is 1.57. The van der Waals surface area contributed by atoms with Gasteiger partial charge in [0.1, 0.15) is 0 Å². The predicted octanol–water partition coefficient (Wildman–Crippen LogP) is 2.84. The van der Waals surface area contributed by atoms with Crippen LogP contribution in [0, 0.1) is 0 Å². The van der Waals surface area contributed by atoms with Crippen LogP contribution < -0.4 is 0 Å². The van der Waals surface area contributed by atoms with Crippen LogP contribution in [-0.4, -0.2) is 18.8 Å². The highest BCUT2D eigenvalue weighted by molar-refractivity contribution is 5.69. The molecule has 0 rings (SSSR count). The van der Waals surface area contributed by atoms with Crippen LogP contribution in [0.3, 0.4) is 0 Å². The van der Waals surface area contributed by atoms with Gasteiger partial charge in [-0.25, -0.2) is 0 Å². The van der Waals surface area contributed by atoms with E-state index in [1.165, 1.54) is 0 Å². The fourth-order valence-corrected chi connectivity index (χ4v) is 0.821. The SMILES string of the molecule is C=C(CCCC(=O)OCC)C(F)(F)F. The standard InChI is InChI=1S/C9H13F3O2/c1-3-14-8(13)6-4-5-7(2)9(10,11)12/h2-6H2,1H3. The minimum atomic E-state index is -4.35. The van der Waals surface area contributed by atoms with E-state index in [9.17, 15) is 18.0 Å². The summed E-state index contributed by atoms with van der Waals surface area (Å²) in [5.41, 5.74) is -0.804. The van der Waals surface area contributed by atoms with Crippen molar-refractivity contribution in [2.75, 3.05) is 6.61 Å². The number of ether oxygens (including phenoxy) is 1. The first kappa shape index (κ1) is 13.0. The number of alkyl halides is 3. The van der Waals surface area contributed by atoms with E-state index in [1.54, 1.807) is 6.92 Å². The molecule has 0 bridgehead atoms. The Morgan fingerprint density at radius 2 is 1.93 bits per heavy atom. The van der Waals surface area contributed by atoms with Crippen molar-refractivity contribution < 1.29 is 22.7 Å². The fourth-order valence-electron chi connectivity index (χ4n) is 0.821. The van der Waals surface area contributed by atoms with Crippen LogP contribution >= 0.6 is 0 Å². The largest absolute Gasteiger partial charge is 0.466 e. The van der Waals surface area contributed by atoms with Gasteiger partial charge in [-0.05, 0) is 19.8 Å². The van der Waals surface area contributed by atoms with Crippen molar-refractivity contribution in [3.8, 4) is 0 Å². The van der Waals surface area contributed by atoms with Gasteiger partial charge in [0.05, 0.1) is 6.61 Å². The minimum absolute atomic E-state index is 0.00292. The number of esters is 1. The zero-order valence-electron chi connectivity index (χ0n) is 7.99. The Balaban J connectivity index is 3.65. The molecule has 0 unspecified atom stereocenters. The van der Waals surface area contributed by atoms with Crippen LogP contribution in [0.15, 0.2) is 12.2 Å². The molecule has 0 N–H and O–H groups in total. The van der Waals surface area contributed by atoms with Gasteiger partial charge >= 0.3 is 12.1 Å². The van der Waals surface area contributed by atoms with Gasteiger partial charge in [-0.1, -0.05) is 6.58 Å². The number of hydrogen-bond donors (Lipinski definition) is 0. The summed E-state index contributed by atoms with van der Waals surface area (Å²) in [6.07, 6.45) is -4.45. The average Bonchev–Trinajstić information content (AvgIpc) is 2.02. The van der Waals surface area contributed by atoms with Gasteiger partial charge < -0.3 is 4.74 Å². The molecule has 0 atom stereocenters. The van der Waals surface area contributed by atoms with Crippen molar-refractivity contribution in [3.63, 3.8) is 0 Å². The lowest BCUT2D eigenvalue weighted by Crippen LogP contribution is -2.11. The van der Waals surface area contributed by atoms with E-state index in [0.29, 0.717) is 0 Å². The lowest BCUT2D eigenvalue weighted by molar-refractivity contribution is -0.143. The molecule has 82 valence electrons. The van der Waals surface area contributed by atoms with Crippen LogP contribution in [0.2, 0.25) is 0 Å². The highest BCUT2D eigenvalue weighted by atomic mass is 19.4. The Bertz CT molecular complexity index is 209. The number of halogens is 3. The second-order valence-electron chi connectivity index (χ2n) is 2.76. The lowest BCUT2D eigenvalue weighted by Gasteiger charge is -2.08. The number of hydrogen-bond acceptors (Lipinski definition) is 2. The fraction of sp³-hybridized carbons (Fsp3) is 0.667. The molecule has 0 amide bonds.